The van der Waals surface area contributed by atoms with Gasteiger partial charge in [-0.05, 0) is 42.5 Å². The number of nitrogens with one attached hydrogen (secondary N) is 3. The van der Waals surface area contributed by atoms with Crippen molar-refractivity contribution in [2.75, 3.05) is 43.5 Å². The molecule has 1 saturated heterocycles. The molecule has 0 saturated carbocycles. The largest absolute Gasteiger partial charge is 0.496 e. The van der Waals surface area contributed by atoms with Crippen LogP contribution in [0.15, 0.2) is 54.7 Å². The third-order valence-electron chi connectivity index (χ3n) is 5.74. The van der Waals surface area contributed by atoms with Crippen LogP contribution >= 0.6 is 0 Å². The Morgan fingerprint density at radius 1 is 1.15 bits per heavy atom. The lowest BCUT2D eigenvalue weighted by atomic mass is 10.1. The normalized spacial score (nSPS) is 13.8. The minimum absolute atomic E-state index is 0.254. The number of aromatic amines is 1. The predicted molar refractivity (Wildman–Crippen MR) is 125 cm³/mol. The first-order chi connectivity index (χ1) is 16.1. The van der Waals surface area contributed by atoms with Gasteiger partial charge >= 0.3 is 0 Å². The third-order valence-corrected chi connectivity index (χ3v) is 5.74. The van der Waals surface area contributed by atoms with E-state index >= 15 is 0 Å². The smallest absolute Gasteiger partial charge is 0.256 e. The van der Waals surface area contributed by atoms with Gasteiger partial charge in [-0.3, -0.25) is 14.9 Å². The van der Waals surface area contributed by atoms with Gasteiger partial charge in [0.2, 0.25) is 0 Å². The van der Waals surface area contributed by atoms with Gasteiger partial charge in [-0.25, -0.2) is 4.39 Å². The number of hydrogen-bond donors (Lipinski definition) is 3. The zero-order valence-corrected chi connectivity index (χ0v) is 18.1. The summed E-state index contributed by atoms with van der Waals surface area (Å²) in [6, 6.07) is 13.8. The Balaban J connectivity index is 1.40. The lowest BCUT2D eigenvalue weighted by Crippen LogP contribution is -2.43. The molecule has 33 heavy (non-hydrogen) atoms. The molecular formula is C24H23FN6O2. The first-order valence-electron chi connectivity index (χ1n) is 10.7. The molecule has 0 aliphatic carbocycles. The van der Waals surface area contributed by atoms with Crippen LogP contribution in [0.4, 0.5) is 15.9 Å². The molecule has 5 rings (SSSR count). The molecule has 0 atom stereocenters. The number of rotatable bonds is 5. The number of carbonyl (C=O) groups excluding carboxylic acids is 1. The maximum Gasteiger partial charge on any atom is 0.256 e. The van der Waals surface area contributed by atoms with E-state index in [1.165, 1.54) is 13.2 Å². The number of carbonyl (C=O) groups is 1. The molecule has 1 amide bonds. The Bertz CT molecular complexity index is 1300. The second-order valence-electron chi connectivity index (χ2n) is 7.74. The Morgan fingerprint density at radius 2 is 1.94 bits per heavy atom. The van der Waals surface area contributed by atoms with E-state index in [0.29, 0.717) is 33.7 Å². The number of ether oxygens (including phenoxy) is 1. The van der Waals surface area contributed by atoms with Crippen molar-refractivity contribution in [3.63, 3.8) is 0 Å². The summed E-state index contributed by atoms with van der Waals surface area (Å²) in [7, 11) is 1.48. The second kappa shape index (κ2) is 8.87. The Labute approximate surface area is 189 Å². The highest BCUT2D eigenvalue weighted by Crippen LogP contribution is 2.33. The number of fused-ring (bicyclic) bond motifs is 1. The molecule has 1 aliphatic heterocycles. The van der Waals surface area contributed by atoms with Crippen molar-refractivity contribution < 1.29 is 13.9 Å². The Kier molecular flexibility index (Phi) is 5.62. The van der Waals surface area contributed by atoms with E-state index in [0.717, 1.165) is 31.9 Å². The van der Waals surface area contributed by atoms with Crippen molar-refractivity contribution in [1.82, 2.24) is 20.5 Å². The van der Waals surface area contributed by atoms with Gasteiger partial charge in [0, 0.05) is 42.8 Å². The highest BCUT2D eigenvalue weighted by atomic mass is 19.1. The molecule has 1 fully saturated rings. The molecule has 0 radical (unpaired) electrons. The van der Waals surface area contributed by atoms with Crippen LogP contribution in [0.25, 0.3) is 22.2 Å². The third kappa shape index (κ3) is 4.10. The minimum atomic E-state index is -0.445. The summed E-state index contributed by atoms with van der Waals surface area (Å²) in [5.74, 6) is -0.00223. The van der Waals surface area contributed by atoms with Crippen LogP contribution in [-0.4, -0.2) is 54.4 Å². The van der Waals surface area contributed by atoms with Crippen LogP contribution in [0.5, 0.6) is 5.75 Å². The van der Waals surface area contributed by atoms with E-state index in [2.05, 4.69) is 30.7 Å². The fraction of sp³-hybridized carbons (Fsp3) is 0.208. The average Bonchev–Trinajstić information content (AvgIpc) is 3.26. The number of aromatic nitrogens is 3. The predicted octanol–water partition coefficient (Wildman–Crippen LogP) is 3.43. The number of hydrogen-bond acceptors (Lipinski definition) is 6. The summed E-state index contributed by atoms with van der Waals surface area (Å²) >= 11 is 0. The summed E-state index contributed by atoms with van der Waals surface area (Å²) in [4.78, 5) is 19.5. The number of pyridine rings is 1. The number of nitrogens with zero attached hydrogens (tertiary/aromatic N) is 3. The van der Waals surface area contributed by atoms with Crippen LogP contribution in [0, 0.1) is 5.82 Å². The van der Waals surface area contributed by atoms with Crippen molar-refractivity contribution in [3.8, 4) is 17.0 Å². The van der Waals surface area contributed by atoms with Gasteiger partial charge in [-0.1, -0.05) is 6.07 Å². The van der Waals surface area contributed by atoms with Crippen molar-refractivity contribution in [2.45, 2.75) is 0 Å². The SMILES string of the molecule is COc1cccc(F)c1-c1cc2c(NC(=O)c3ccc(N4CCNCC4)cc3)n[nH]c2cn1. The van der Waals surface area contributed by atoms with Crippen LogP contribution in [-0.2, 0) is 0 Å². The maximum atomic E-state index is 14.5. The van der Waals surface area contributed by atoms with E-state index in [9.17, 15) is 9.18 Å². The van der Waals surface area contributed by atoms with E-state index in [-0.39, 0.29) is 11.5 Å². The van der Waals surface area contributed by atoms with Crippen LogP contribution in [0.1, 0.15) is 10.4 Å². The topological polar surface area (TPSA) is 95.2 Å². The van der Waals surface area contributed by atoms with Crippen molar-refractivity contribution >= 4 is 28.3 Å². The summed E-state index contributed by atoms with van der Waals surface area (Å²) in [5.41, 5.74) is 2.87. The van der Waals surface area contributed by atoms with Crippen LogP contribution < -0.4 is 20.3 Å². The average molecular weight is 446 g/mol. The van der Waals surface area contributed by atoms with Gasteiger partial charge in [0.05, 0.1) is 30.1 Å². The van der Waals surface area contributed by atoms with Gasteiger partial charge < -0.3 is 20.3 Å². The van der Waals surface area contributed by atoms with Gasteiger partial charge in [0.25, 0.3) is 5.91 Å². The molecule has 3 heterocycles. The second-order valence-corrected chi connectivity index (χ2v) is 7.74. The highest BCUT2D eigenvalue weighted by molar-refractivity contribution is 6.08. The lowest BCUT2D eigenvalue weighted by molar-refractivity contribution is 0.102. The van der Waals surface area contributed by atoms with Gasteiger partial charge in [-0.2, -0.15) is 5.10 Å². The first-order valence-corrected chi connectivity index (χ1v) is 10.7. The minimum Gasteiger partial charge on any atom is -0.496 e. The number of halogens is 1. The van der Waals surface area contributed by atoms with Crippen LogP contribution in [0.3, 0.4) is 0 Å². The molecule has 4 aromatic rings. The lowest BCUT2D eigenvalue weighted by Gasteiger charge is -2.29. The van der Waals surface area contributed by atoms with E-state index < -0.39 is 5.82 Å². The van der Waals surface area contributed by atoms with Crippen molar-refractivity contribution in [3.05, 3.63) is 66.1 Å². The summed E-state index contributed by atoms with van der Waals surface area (Å²) < 4.78 is 19.8. The number of piperazine rings is 1. The van der Waals surface area contributed by atoms with E-state index in [1.807, 2.05) is 12.1 Å². The number of H-pyrrole nitrogens is 1. The monoisotopic (exact) mass is 446 g/mol. The summed E-state index contributed by atoms with van der Waals surface area (Å²) in [6.07, 6.45) is 1.56. The maximum absolute atomic E-state index is 14.5. The fourth-order valence-corrected chi connectivity index (χ4v) is 4.00. The molecule has 2 aromatic heterocycles. The number of benzene rings is 2. The van der Waals surface area contributed by atoms with Gasteiger partial charge in [-0.15, -0.1) is 0 Å². The van der Waals surface area contributed by atoms with Gasteiger partial charge in [0.1, 0.15) is 11.6 Å². The number of amides is 1. The quantitative estimate of drug-likeness (QED) is 0.435. The fourth-order valence-electron chi connectivity index (χ4n) is 4.00. The number of methoxy groups -OCH3 is 1. The molecular weight excluding hydrogens is 423 g/mol. The van der Waals surface area contributed by atoms with Crippen LogP contribution in [0.2, 0.25) is 0 Å². The molecule has 9 heteroatoms. The first kappa shape index (κ1) is 20.9. The molecule has 2 aromatic carbocycles. The Morgan fingerprint density at radius 3 is 2.70 bits per heavy atom. The molecule has 3 N–H and O–H groups in total. The standard InChI is InChI=1S/C24H23FN6O2/c1-33-21-4-2-3-18(25)22(21)19-13-17-20(14-27-19)29-30-23(17)28-24(32)15-5-7-16(8-6-15)31-11-9-26-10-12-31/h2-8,13-14,26H,9-12H2,1H3,(H2,28,29,30,32). The molecule has 1 aliphatic rings. The zero-order chi connectivity index (χ0) is 22.8. The van der Waals surface area contributed by atoms with Gasteiger partial charge in [0.15, 0.2) is 5.82 Å². The summed E-state index contributed by atoms with van der Waals surface area (Å²) in [6.45, 7) is 3.77. The molecule has 0 unspecified atom stereocenters. The molecule has 8 nitrogen and oxygen atoms in total. The Hall–Kier alpha value is -3.98. The summed E-state index contributed by atoms with van der Waals surface area (Å²) in [5, 5.41) is 13.9. The zero-order valence-electron chi connectivity index (χ0n) is 18.1. The van der Waals surface area contributed by atoms with Crippen molar-refractivity contribution in [1.29, 1.82) is 0 Å². The van der Waals surface area contributed by atoms with E-state index in [1.54, 1.807) is 36.5 Å². The molecule has 0 bridgehead atoms. The number of anilines is 2. The highest BCUT2D eigenvalue weighted by Gasteiger charge is 2.17. The van der Waals surface area contributed by atoms with Crippen molar-refractivity contribution in [2.24, 2.45) is 0 Å². The van der Waals surface area contributed by atoms with E-state index in [4.69, 9.17) is 4.74 Å². The molecule has 168 valence electrons. The molecule has 0 spiro atoms.